The van der Waals surface area contributed by atoms with E-state index < -0.39 is 0 Å². The molecule has 11 rings (SSSR count). The summed E-state index contributed by atoms with van der Waals surface area (Å²) in [6, 6.07) is 54.6. The van der Waals surface area contributed by atoms with Gasteiger partial charge in [-0.2, -0.15) is 0 Å². The number of nitrogens with zero attached hydrogens (tertiary/aromatic N) is 8. The summed E-state index contributed by atoms with van der Waals surface area (Å²) in [5.41, 5.74) is 20.4. The lowest BCUT2D eigenvalue weighted by atomic mass is 9.92. The molecule has 0 saturated heterocycles. The third-order valence-corrected chi connectivity index (χ3v) is 11.9. The van der Waals surface area contributed by atoms with Crippen LogP contribution < -0.4 is 0 Å². The number of hydrogen-bond donors (Lipinski definition) is 0. The van der Waals surface area contributed by atoms with Gasteiger partial charge < -0.3 is 0 Å². The van der Waals surface area contributed by atoms with E-state index in [0.717, 1.165) is 108 Å². The minimum atomic E-state index is 0.811. The molecular weight excluding hydrogens is 809 g/mol. The molecule has 66 heavy (non-hydrogen) atoms. The molecule has 1 aliphatic rings. The Hall–Kier alpha value is -8.88. The summed E-state index contributed by atoms with van der Waals surface area (Å²) < 4.78 is 0. The minimum absolute atomic E-state index is 0.811. The van der Waals surface area contributed by atoms with Crippen LogP contribution in [-0.2, 0) is 0 Å². The Labute approximate surface area is 383 Å². The van der Waals surface area contributed by atoms with E-state index in [1.54, 1.807) is 12.4 Å². The summed E-state index contributed by atoms with van der Waals surface area (Å²) >= 11 is 0. The fourth-order valence-corrected chi connectivity index (χ4v) is 8.25. The van der Waals surface area contributed by atoms with Gasteiger partial charge in [0, 0.05) is 101 Å². The topological polar surface area (TPSA) is 103 Å². The third-order valence-electron chi connectivity index (χ3n) is 11.9. The zero-order chi connectivity index (χ0) is 44.1. The number of rotatable bonds is 10. The molecule has 0 fully saturated rings. The van der Waals surface area contributed by atoms with Crippen molar-refractivity contribution >= 4 is 11.8 Å². The number of hydrogen-bond acceptors (Lipinski definition) is 8. The predicted octanol–water partition coefficient (Wildman–Crippen LogP) is 13.3. The summed E-state index contributed by atoms with van der Waals surface area (Å²) in [6.07, 6.45) is 19.7. The van der Waals surface area contributed by atoms with Crippen molar-refractivity contribution in [1.29, 1.82) is 0 Å². The van der Waals surface area contributed by atoms with Crippen LogP contribution in [0.15, 0.2) is 218 Å². The van der Waals surface area contributed by atoms with E-state index >= 15 is 0 Å². The van der Waals surface area contributed by atoms with Crippen molar-refractivity contribution in [1.82, 2.24) is 34.9 Å². The van der Waals surface area contributed by atoms with Gasteiger partial charge in [0.25, 0.3) is 0 Å². The molecular formula is C58H40N8. The average molecular weight is 849 g/mol. The summed E-state index contributed by atoms with van der Waals surface area (Å²) in [7, 11) is 0. The molecule has 0 bridgehead atoms. The molecule has 7 aromatic heterocycles. The number of aromatic nitrogens is 7. The van der Waals surface area contributed by atoms with E-state index in [2.05, 4.69) is 141 Å². The smallest absolute Gasteiger partial charge is 0.0717 e. The van der Waals surface area contributed by atoms with Crippen LogP contribution >= 0.6 is 0 Å². The molecule has 1 aliphatic heterocycles. The maximum absolute atomic E-state index is 4.82. The standard InChI is InChI=1S/C58H40N8/c1-2-4-52(42-11-7-40(8-12-42)46-14-20-56(62-34-46)50-18-24-58(66-38-50)48-16-22-54(64-36-48)44-27-31-60-32-28-44)51(3-1)41-9-5-39(6-10-41)45-13-19-55(61-33-45)49-17-23-57(65-37-49)47-15-21-53(63-35-47)43-25-29-59-30-26-43/h1-27,29-31,33-38H,28,32H2. The Balaban J connectivity index is 0.735. The highest BCUT2D eigenvalue weighted by Gasteiger charge is 2.12. The maximum Gasteiger partial charge on any atom is 0.0717 e. The van der Waals surface area contributed by atoms with Crippen LogP contribution in [0.2, 0.25) is 0 Å². The SMILES string of the molecule is C1=NCCC(c2ccc(-c3ccc(-c4ccc(-c5ccc(-c6ccccc6-c6ccc(-c7ccc(-c8ccc(-c9ccc(-c%10ccncc%10)nc9)nc8)nc7)cc6)cc5)cn4)cn3)cn2)=C1. The van der Waals surface area contributed by atoms with Gasteiger partial charge >= 0.3 is 0 Å². The van der Waals surface area contributed by atoms with Crippen LogP contribution in [0.5, 0.6) is 0 Å². The average Bonchev–Trinajstić information content (AvgIpc) is 3.42. The number of aliphatic imine (C=N–C) groups is 1. The zero-order valence-electron chi connectivity index (χ0n) is 35.8. The second-order valence-corrected chi connectivity index (χ2v) is 16.0. The molecule has 0 spiro atoms. The second kappa shape index (κ2) is 18.1. The summed E-state index contributed by atoms with van der Waals surface area (Å²) in [4.78, 5) is 36.8. The molecule has 0 amide bonds. The van der Waals surface area contributed by atoms with E-state index in [1.165, 1.54) is 16.7 Å². The van der Waals surface area contributed by atoms with Crippen LogP contribution in [0.25, 0.3) is 106 Å². The number of dihydropyridines is 1. The first kappa shape index (κ1) is 39.9. The van der Waals surface area contributed by atoms with Crippen molar-refractivity contribution in [2.24, 2.45) is 4.99 Å². The molecule has 0 radical (unpaired) electrons. The van der Waals surface area contributed by atoms with Crippen LogP contribution in [0, 0.1) is 0 Å². The monoisotopic (exact) mass is 848 g/mol. The van der Waals surface area contributed by atoms with E-state index in [9.17, 15) is 0 Å². The van der Waals surface area contributed by atoms with Crippen LogP contribution in [0.4, 0.5) is 0 Å². The molecule has 0 aliphatic carbocycles. The molecule has 3 aromatic carbocycles. The second-order valence-electron chi connectivity index (χ2n) is 16.0. The molecule has 0 atom stereocenters. The molecule has 0 unspecified atom stereocenters. The van der Waals surface area contributed by atoms with Gasteiger partial charge in [0.1, 0.15) is 0 Å². The van der Waals surface area contributed by atoms with Crippen molar-refractivity contribution in [2.75, 3.05) is 6.54 Å². The Bertz CT molecular complexity index is 3310. The Morgan fingerprint density at radius 3 is 1.00 bits per heavy atom. The van der Waals surface area contributed by atoms with Gasteiger partial charge in [0.05, 0.1) is 34.2 Å². The maximum atomic E-state index is 4.82. The van der Waals surface area contributed by atoms with Gasteiger partial charge in [-0.3, -0.25) is 39.9 Å². The van der Waals surface area contributed by atoms with Crippen molar-refractivity contribution in [3.05, 3.63) is 219 Å². The fraction of sp³-hybridized carbons (Fsp3) is 0.0345. The lowest BCUT2D eigenvalue weighted by Crippen LogP contribution is -1.97. The first-order valence-electron chi connectivity index (χ1n) is 21.9. The van der Waals surface area contributed by atoms with Gasteiger partial charge in [-0.05, 0) is 124 Å². The van der Waals surface area contributed by atoms with Crippen molar-refractivity contribution in [3.8, 4) is 101 Å². The Morgan fingerprint density at radius 1 is 0.288 bits per heavy atom. The van der Waals surface area contributed by atoms with E-state index in [1.807, 2.05) is 85.9 Å². The van der Waals surface area contributed by atoms with Gasteiger partial charge in [-0.15, -0.1) is 0 Å². The first-order valence-corrected chi connectivity index (χ1v) is 21.9. The van der Waals surface area contributed by atoms with Crippen molar-refractivity contribution in [2.45, 2.75) is 6.42 Å². The van der Waals surface area contributed by atoms with Crippen molar-refractivity contribution in [3.63, 3.8) is 0 Å². The lowest BCUT2D eigenvalue weighted by molar-refractivity contribution is 1.01. The van der Waals surface area contributed by atoms with Crippen molar-refractivity contribution < 1.29 is 0 Å². The lowest BCUT2D eigenvalue weighted by Gasteiger charge is -2.12. The van der Waals surface area contributed by atoms with E-state index in [-0.39, 0.29) is 0 Å². The first-order chi connectivity index (χ1) is 32.7. The molecule has 0 saturated carbocycles. The fourth-order valence-electron chi connectivity index (χ4n) is 8.25. The van der Waals surface area contributed by atoms with Gasteiger partial charge in [-0.25, -0.2) is 0 Å². The molecule has 8 heterocycles. The van der Waals surface area contributed by atoms with Crippen LogP contribution in [0.3, 0.4) is 0 Å². The van der Waals surface area contributed by atoms with Gasteiger partial charge in [-0.1, -0.05) is 84.9 Å². The highest BCUT2D eigenvalue weighted by atomic mass is 14.8. The van der Waals surface area contributed by atoms with Crippen LogP contribution in [0.1, 0.15) is 12.1 Å². The van der Waals surface area contributed by atoms with Gasteiger partial charge in [0.15, 0.2) is 0 Å². The zero-order valence-corrected chi connectivity index (χ0v) is 35.8. The molecule has 312 valence electrons. The number of benzene rings is 3. The normalized spacial score (nSPS) is 12.2. The third kappa shape index (κ3) is 8.46. The summed E-state index contributed by atoms with van der Waals surface area (Å²) in [5, 5.41) is 0. The Kier molecular flexibility index (Phi) is 10.9. The van der Waals surface area contributed by atoms with E-state index in [4.69, 9.17) is 19.9 Å². The predicted molar refractivity (Wildman–Crippen MR) is 266 cm³/mol. The summed E-state index contributed by atoms with van der Waals surface area (Å²) in [6.45, 7) is 0.811. The van der Waals surface area contributed by atoms with Gasteiger partial charge in [0.2, 0.25) is 0 Å². The number of pyridine rings is 7. The summed E-state index contributed by atoms with van der Waals surface area (Å²) in [5.74, 6) is 0. The number of allylic oxidation sites excluding steroid dienone is 1. The molecule has 8 nitrogen and oxygen atoms in total. The van der Waals surface area contributed by atoms with Crippen LogP contribution in [-0.4, -0.2) is 47.6 Å². The highest BCUT2D eigenvalue weighted by Crippen LogP contribution is 2.35. The largest absolute Gasteiger partial charge is 0.293 e. The highest BCUT2D eigenvalue weighted by molar-refractivity contribution is 5.86. The molecule has 8 heteroatoms. The minimum Gasteiger partial charge on any atom is -0.293 e. The quantitative estimate of drug-likeness (QED) is 0.135. The molecule has 0 N–H and O–H groups in total. The molecule has 10 aromatic rings. The Morgan fingerprint density at radius 2 is 0.636 bits per heavy atom. The van der Waals surface area contributed by atoms with E-state index in [0.29, 0.717) is 0 Å².